The highest BCUT2D eigenvalue weighted by Gasteiger charge is 2.39. The number of halogens is 1. The van der Waals surface area contributed by atoms with Gasteiger partial charge in [-0.25, -0.2) is 9.79 Å². The van der Waals surface area contributed by atoms with Gasteiger partial charge in [-0.05, 0) is 83.5 Å². The number of carbonyl (C=O) groups excluding carboxylic acids is 1. The van der Waals surface area contributed by atoms with Gasteiger partial charge < -0.3 is 42.9 Å². The first kappa shape index (κ1) is 56.1. The predicted octanol–water partition coefficient (Wildman–Crippen LogP) is 5.42. The Labute approximate surface area is 290 Å². The number of isocyanates is 1. The minimum absolute atomic E-state index is 0. The zero-order valence-corrected chi connectivity index (χ0v) is 32.1. The minimum Gasteiger partial charge on any atom is -0.437 e. The van der Waals surface area contributed by atoms with E-state index in [-0.39, 0.29) is 66.7 Å². The van der Waals surface area contributed by atoms with Crippen molar-refractivity contribution in [2.24, 2.45) is 4.99 Å². The average molecular weight is 805 g/mol. The van der Waals surface area contributed by atoms with E-state index in [1.165, 1.54) is 6.08 Å². The maximum absolute atomic E-state index is 9.63. The fraction of sp³-hybridized carbons (Fsp3) is 0.929. The van der Waals surface area contributed by atoms with Crippen LogP contribution in [0.3, 0.4) is 0 Å². The van der Waals surface area contributed by atoms with Crippen LogP contribution in [-0.2, 0) is 27.2 Å². The number of unbranched alkanes of at least 4 members (excludes halogenated alkanes) is 3. The molecule has 0 unspecified atom stereocenters. The molecule has 0 radical (unpaired) electrons. The summed E-state index contributed by atoms with van der Waals surface area (Å²) in [4.78, 5) is 13.0. The summed E-state index contributed by atoms with van der Waals surface area (Å²) in [6.45, 7) is 16.4. The fourth-order valence-electron chi connectivity index (χ4n) is 3.80. The lowest BCUT2D eigenvalue weighted by Crippen LogP contribution is -2.52. The number of aliphatic hydroxyl groups excluding tert-OH is 4. The molecule has 0 saturated carbocycles. The summed E-state index contributed by atoms with van der Waals surface area (Å²) in [5.41, 5.74) is 0. The fourth-order valence-corrected chi connectivity index (χ4v) is 17.8. The lowest BCUT2D eigenvalue weighted by atomic mass is 10.2. The zero-order valence-electron chi connectivity index (χ0n) is 26.8. The monoisotopic (exact) mass is 804 g/mol. The molecule has 0 saturated heterocycles. The zero-order chi connectivity index (χ0) is 31.9. The van der Waals surface area contributed by atoms with E-state index in [1.807, 2.05) is 0 Å². The third-order valence-electron chi connectivity index (χ3n) is 5.15. The summed E-state index contributed by atoms with van der Waals surface area (Å²) in [6, 6.07) is 2.07. The van der Waals surface area contributed by atoms with Gasteiger partial charge in [0.2, 0.25) is 6.08 Å². The molecule has 0 aromatic carbocycles. The molecule has 0 aromatic heterocycles. The third kappa shape index (κ3) is 48.6. The van der Waals surface area contributed by atoms with Gasteiger partial charge in [-0.15, -0.1) is 24.0 Å². The summed E-state index contributed by atoms with van der Waals surface area (Å²) in [5, 5.41) is 40.7. The Balaban J connectivity index is -0.000000122. The van der Waals surface area contributed by atoms with Crippen LogP contribution in [0.15, 0.2) is 4.99 Å². The van der Waals surface area contributed by atoms with Gasteiger partial charge in [0.1, 0.15) is 6.61 Å². The van der Waals surface area contributed by atoms with Crippen LogP contribution in [0.2, 0.25) is 51.4 Å². The molecule has 0 spiro atoms. The normalized spacial score (nSPS) is 10.6. The van der Waals surface area contributed by atoms with Crippen molar-refractivity contribution >= 4 is 55.3 Å². The van der Waals surface area contributed by atoms with Gasteiger partial charge >= 0.3 is 8.56 Å². The Hall–Kier alpha value is -0.269. The molecule has 0 aliphatic carbocycles. The third-order valence-corrected chi connectivity index (χ3v) is 16.6. The Morgan fingerprint density at radius 1 is 0.659 bits per heavy atom. The van der Waals surface area contributed by atoms with Crippen LogP contribution in [0.25, 0.3) is 0 Å². The molecule has 270 valence electrons. The smallest absolute Gasteiger partial charge is 0.311 e. The standard InChI is InChI=1S/C16H40O6Si3.C8H12N2O2.C2H6O2.2CH4.HI.H2/c1-23(2,15-7-11-19-13-9-17)21-25(5,6)22-24(3,4)16-8-12-20-14-10-18;9-7-12-6-4-2-1-3-5-10-8-11;3-1-2-4;;;;/h17-18H,7-16H2,1-6H3;1-6H2;3-4H,1-2H2;2*1H4;2*1H. The van der Waals surface area contributed by atoms with Gasteiger partial charge in [-0.1, -0.05) is 21.3 Å². The van der Waals surface area contributed by atoms with Crippen molar-refractivity contribution in [2.45, 2.75) is 105 Å². The second-order valence-electron chi connectivity index (χ2n) is 10.8. The lowest BCUT2D eigenvalue weighted by Gasteiger charge is -2.38. The quantitative estimate of drug-likeness (QED) is 0.0245. The highest BCUT2D eigenvalue weighted by atomic mass is 127. The molecule has 16 heteroatoms. The summed E-state index contributed by atoms with van der Waals surface area (Å²) >= 11 is 0. The van der Waals surface area contributed by atoms with Crippen molar-refractivity contribution in [1.29, 1.82) is 5.26 Å². The molecule has 0 aliphatic rings. The van der Waals surface area contributed by atoms with Gasteiger partial charge in [0.15, 0.2) is 16.6 Å². The first-order valence-electron chi connectivity index (χ1n) is 14.4. The molecular weight excluding hydrogens is 735 g/mol. The first-order chi connectivity index (χ1) is 19.4. The van der Waals surface area contributed by atoms with Gasteiger partial charge in [0.05, 0.1) is 46.2 Å². The topological polar surface area (TPSA) is 180 Å². The Morgan fingerprint density at radius 3 is 1.45 bits per heavy atom. The molecule has 12 nitrogen and oxygen atoms in total. The van der Waals surface area contributed by atoms with Crippen LogP contribution < -0.4 is 0 Å². The van der Waals surface area contributed by atoms with Gasteiger partial charge in [0.25, 0.3) is 6.26 Å². The molecule has 0 atom stereocenters. The second-order valence-corrected chi connectivity index (χ2v) is 23.2. The molecule has 0 amide bonds. The van der Waals surface area contributed by atoms with Crippen LogP contribution in [0.5, 0.6) is 0 Å². The van der Waals surface area contributed by atoms with E-state index >= 15 is 0 Å². The average Bonchev–Trinajstić information content (AvgIpc) is 2.89. The van der Waals surface area contributed by atoms with Crippen LogP contribution >= 0.6 is 24.0 Å². The predicted molar refractivity (Wildman–Crippen MR) is 197 cm³/mol. The molecule has 0 heterocycles. The molecule has 0 fully saturated rings. The second kappa shape index (κ2) is 38.9. The Morgan fingerprint density at radius 2 is 1.09 bits per heavy atom. The molecule has 0 aromatic rings. The molecule has 0 bridgehead atoms. The summed E-state index contributed by atoms with van der Waals surface area (Å²) in [6.07, 6.45) is 8.84. The van der Waals surface area contributed by atoms with Gasteiger partial charge in [-0.2, -0.15) is 5.26 Å². The van der Waals surface area contributed by atoms with Crippen molar-refractivity contribution in [2.75, 3.05) is 66.0 Å². The Bertz CT molecular complexity index is 645. The molecular formula is C28H69IN2O10Si3. The van der Waals surface area contributed by atoms with Crippen LogP contribution in [-0.4, -0.2) is 118 Å². The van der Waals surface area contributed by atoms with Crippen molar-refractivity contribution < 1.29 is 49.1 Å². The molecule has 0 aliphatic heterocycles. The highest BCUT2D eigenvalue weighted by Crippen LogP contribution is 2.26. The van der Waals surface area contributed by atoms with Gasteiger partial charge in [0, 0.05) is 14.6 Å². The maximum Gasteiger partial charge on any atom is 0.311 e. The highest BCUT2D eigenvalue weighted by molar-refractivity contribution is 14.0. The largest absolute Gasteiger partial charge is 0.437 e. The van der Waals surface area contributed by atoms with Crippen LogP contribution in [0.4, 0.5) is 0 Å². The summed E-state index contributed by atoms with van der Waals surface area (Å²) in [7, 11) is -5.73. The van der Waals surface area contributed by atoms with E-state index in [0.29, 0.717) is 39.6 Å². The van der Waals surface area contributed by atoms with Crippen molar-refractivity contribution in [3.8, 4) is 6.26 Å². The minimum atomic E-state index is -2.16. The molecule has 44 heavy (non-hydrogen) atoms. The van der Waals surface area contributed by atoms with Crippen molar-refractivity contribution in [3.05, 3.63) is 0 Å². The maximum atomic E-state index is 9.63. The number of rotatable bonds is 24. The number of aliphatic hydroxyl groups is 4. The number of hydrogen-bond donors (Lipinski definition) is 4. The van der Waals surface area contributed by atoms with E-state index < -0.39 is 25.2 Å². The van der Waals surface area contributed by atoms with Crippen LogP contribution in [0, 0.1) is 11.5 Å². The first-order valence-corrected chi connectivity index (χ1v) is 23.5. The van der Waals surface area contributed by atoms with Gasteiger partial charge in [-0.3, -0.25) is 0 Å². The van der Waals surface area contributed by atoms with Crippen LogP contribution in [0.1, 0.15) is 54.8 Å². The lowest BCUT2D eigenvalue weighted by molar-refractivity contribution is 0.0922. The molecule has 4 N–H and O–H groups in total. The number of nitrogens with zero attached hydrogens (tertiary/aromatic N) is 2. The van der Waals surface area contributed by atoms with Crippen molar-refractivity contribution in [3.63, 3.8) is 0 Å². The molecule has 0 rings (SSSR count). The van der Waals surface area contributed by atoms with E-state index in [1.54, 1.807) is 6.26 Å². The van der Waals surface area contributed by atoms with E-state index in [4.69, 9.17) is 43.4 Å². The van der Waals surface area contributed by atoms with Crippen molar-refractivity contribution in [1.82, 2.24) is 0 Å². The number of aliphatic imine (C=N–C) groups is 1. The summed E-state index contributed by atoms with van der Waals surface area (Å²) < 4.78 is 28.2. The number of nitriles is 1. The SMILES string of the molecule is C.C.C[Si](C)(CCCOCCO)O[Si](C)(C)O[Si](C)(C)CCCOCCO.I.N#COCCCCCCN=C=O.OCCO.[HH]. The van der Waals surface area contributed by atoms with E-state index in [2.05, 4.69) is 49.0 Å². The van der Waals surface area contributed by atoms with E-state index in [9.17, 15) is 4.79 Å². The summed E-state index contributed by atoms with van der Waals surface area (Å²) in [5.74, 6) is 0. The number of hydrogen-bond acceptors (Lipinski definition) is 12. The van der Waals surface area contributed by atoms with E-state index in [0.717, 1.165) is 50.6 Å². The number of ether oxygens (including phenoxy) is 3. The Kier molecular flexibility index (Phi) is 49.6.